The van der Waals surface area contributed by atoms with Crippen molar-refractivity contribution < 1.29 is 13.9 Å². The second kappa shape index (κ2) is 6.70. The Morgan fingerprint density at radius 2 is 2.04 bits per heavy atom. The number of hydrogen-bond acceptors (Lipinski definition) is 7. The molecule has 0 fully saturated rings. The number of rotatable bonds is 6. The number of anilines is 1. The second-order valence-corrected chi connectivity index (χ2v) is 5.80. The highest BCUT2D eigenvalue weighted by atomic mass is 32.1. The van der Waals surface area contributed by atoms with Gasteiger partial charge in [0.2, 0.25) is 5.89 Å². The van der Waals surface area contributed by atoms with Gasteiger partial charge in [0.15, 0.2) is 0 Å². The summed E-state index contributed by atoms with van der Waals surface area (Å²) in [5.41, 5.74) is 0.830. The molecule has 1 atom stereocenters. The first-order valence-corrected chi connectivity index (χ1v) is 7.95. The Hall–Kier alpha value is -2.54. The number of ether oxygens (including phenoxy) is 2. The largest absolute Gasteiger partial charge is 0.497 e. The second-order valence-electron chi connectivity index (χ2n) is 4.85. The fourth-order valence-corrected chi connectivity index (χ4v) is 2.77. The Bertz CT molecular complexity index is 771. The van der Waals surface area contributed by atoms with E-state index in [1.807, 2.05) is 42.6 Å². The monoisotopic (exact) mass is 331 g/mol. The molecule has 6 nitrogen and oxygen atoms in total. The third-order valence-corrected chi connectivity index (χ3v) is 4.18. The summed E-state index contributed by atoms with van der Waals surface area (Å²) in [6.45, 7) is 1.95. The summed E-state index contributed by atoms with van der Waals surface area (Å²) in [7, 11) is 3.24. The first kappa shape index (κ1) is 15.4. The van der Waals surface area contributed by atoms with Crippen LogP contribution in [0.3, 0.4) is 0 Å². The third-order valence-electron chi connectivity index (χ3n) is 3.32. The topological polar surface area (TPSA) is 69.4 Å². The summed E-state index contributed by atoms with van der Waals surface area (Å²) in [5, 5.41) is 13.5. The number of aromatic nitrogens is 2. The molecular weight excluding hydrogens is 314 g/mol. The summed E-state index contributed by atoms with van der Waals surface area (Å²) in [6.07, 6.45) is 0. The Balaban J connectivity index is 1.78. The first-order chi connectivity index (χ1) is 11.2. The molecule has 3 aromatic rings. The van der Waals surface area contributed by atoms with E-state index in [1.165, 1.54) is 0 Å². The minimum absolute atomic E-state index is 0.154. The molecule has 0 aliphatic rings. The highest BCUT2D eigenvalue weighted by Gasteiger charge is 2.17. The number of nitrogens with one attached hydrogen (secondary N) is 1. The minimum Gasteiger partial charge on any atom is -0.497 e. The smallest absolute Gasteiger partial charge is 0.257 e. The van der Waals surface area contributed by atoms with Gasteiger partial charge >= 0.3 is 0 Å². The van der Waals surface area contributed by atoms with E-state index < -0.39 is 0 Å². The lowest BCUT2D eigenvalue weighted by Gasteiger charge is -2.15. The van der Waals surface area contributed by atoms with E-state index >= 15 is 0 Å². The van der Waals surface area contributed by atoms with Crippen molar-refractivity contribution in [3.8, 4) is 22.3 Å². The molecule has 0 spiro atoms. The summed E-state index contributed by atoms with van der Waals surface area (Å²) in [5.74, 6) is 2.48. The van der Waals surface area contributed by atoms with Crippen molar-refractivity contribution in [3.63, 3.8) is 0 Å². The van der Waals surface area contributed by atoms with Crippen LogP contribution in [0.4, 0.5) is 5.69 Å². The van der Waals surface area contributed by atoms with Crippen LogP contribution in [0, 0.1) is 0 Å². The molecule has 0 saturated carbocycles. The highest BCUT2D eigenvalue weighted by molar-refractivity contribution is 7.13. The maximum Gasteiger partial charge on any atom is 0.257 e. The van der Waals surface area contributed by atoms with Crippen molar-refractivity contribution in [1.82, 2.24) is 10.2 Å². The summed E-state index contributed by atoms with van der Waals surface area (Å²) in [4.78, 5) is 0.956. The summed E-state index contributed by atoms with van der Waals surface area (Å²) >= 11 is 1.56. The predicted octanol–water partition coefficient (Wildman–Crippen LogP) is 3.99. The number of hydrogen-bond donors (Lipinski definition) is 1. The number of nitrogens with zero attached hydrogens (tertiary/aromatic N) is 2. The Morgan fingerprint density at radius 3 is 2.74 bits per heavy atom. The van der Waals surface area contributed by atoms with Gasteiger partial charge in [-0.15, -0.1) is 21.5 Å². The quantitative estimate of drug-likeness (QED) is 0.736. The Kier molecular flexibility index (Phi) is 4.47. The van der Waals surface area contributed by atoms with Gasteiger partial charge in [-0.05, 0) is 30.5 Å². The fraction of sp³-hybridized carbons (Fsp3) is 0.250. The van der Waals surface area contributed by atoms with Crippen LogP contribution in [-0.2, 0) is 0 Å². The van der Waals surface area contributed by atoms with Gasteiger partial charge in [0.05, 0.1) is 24.8 Å². The van der Waals surface area contributed by atoms with E-state index in [-0.39, 0.29) is 6.04 Å². The Labute approximate surface area is 138 Å². The van der Waals surface area contributed by atoms with Crippen LogP contribution in [0.1, 0.15) is 18.9 Å². The minimum atomic E-state index is -0.154. The summed E-state index contributed by atoms with van der Waals surface area (Å²) < 4.78 is 16.3. The molecule has 0 bridgehead atoms. The van der Waals surface area contributed by atoms with Crippen molar-refractivity contribution in [3.05, 3.63) is 41.6 Å². The standard InChI is InChI=1S/C16H17N3O3S/c1-10(15-18-19-16(22-15)14-5-4-8-23-14)17-12-7-6-11(20-2)9-13(12)21-3/h4-10,17H,1-3H3. The van der Waals surface area contributed by atoms with Gasteiger partial charge < -0.3 is 19.2 Å². The molecule has 0 aliphatic heterocycles. The van der Waals surface area contributed by atoms with Crippen LogP contribution >= 0.6 is 11.3 Å². The van der Waals surface area contributed by atoms with Crippen LogP contribution in [0.5, 0.6) is 11.5 Å². The van der Waals surface area contributed by atoms with E-state index in [4.69, 9.17) is 13.9 Å². The van der Waals surface area contributed by atoms with Gasteiger partial charge in [-0.2, -0.15) is 0 Å². The van der Waals surface area contributed by atoms with Crippen molar-refractivity contribution >= 4 is 17.0 Å². The van der Waals surface area contributed by atoms with Gasteiger partial charge in [-0.25, -0.2) is 0 Å². The number of thiophene rings is 1. The van der Waals surface area contributed by atoms with Gasteiger partial charge in [0.1, 0.15) is 17.5 Å². The summed E-state index contributed by atoms with van der Waals surface area (Å²) in [6, 6.07) is 9.33. The molecule has 1 N–H and O–H groups in total. The van der Waals surface area contributed by atoms with Gasteiger partial charge in [0.25, 0.3) is 5.89 Å². The lowest BCUT2D eigenvalue weighted by Crippen LogP contribution is -2.08. The zero-order chi connectivity index (χ0) is 16.2. The van der Waals surface area contributed by atoms with Crippen molar-refractivity contribution in [2.75, 3.05) is 19.5 Å². The van der Waals surface area contributed by atoms with Crippen molar-refractivity contribution in [2.45, 2.75) is 13.0 Å². The SMILES string of the molecule is COc1ccc(NC(C)c2nnc(-c3cccs3)o2)c(OC)c1. The zero-order valence-corrected chi connectivity index (χ0v) is 13.9. The molecule has 1 aromatic carbocycles. The average molecular weight is 331 g/mol. The van der Waals surface area contributed by atoms with E-state index in [0.717, 1.165) is 16.3 Å². The van der Waals surface area contributed by atoms with E-state index in [0.29, 0.717) is 17.5 Å². The molecule has 3 rings (SSSR count). The fourth-order valence-electron chi connectivity index (χ4n) is 2.12. The Morgan fingerprint density at radius 1 is 1.17 bits per heavy atom. The molecule has 0 saturated heterocycles. The van der Waals surface area contributed by atoms with Crippen molar-refractivity contribution in [1.29, 1.82) is 0 Å². The average Bonchev–Trinajstić information content (AvgIpc) is 3.26. The van der Waals surface area contributed by atoms with Crippen LogP contribution in [0.15, 0.2) is 40.1 Å². The first-order valence-electron chi connectivity index (χ1n) is 7.07. The number of methoxy groups -OCH3 is 2. The van der Waals surface area contributed by atoms with E-state index in [9.17, 15) is 0 Å². The zero-order valence-electron chi connectivity index (χ0n) is 13.1. The lowest BCUT2D eigenvalue weighted by atomic mass is 10.2. The lowest BCUT2D eigenvalue weighted by molar-refractivity contribution is 0.395. The highest BCUT2D eigenvalue weighted by Crippen LogP contribution is 2.32. The van der Waals surface area contributed by atoms with Crippen molar-refractivity contribution in [2.24, 2.45) is 0 Å². The van der Waals surface area contributed by atoms with Crippen LogP contribution < -0.4 is 14.8 Å². The molecular formula is C16H17N3O3S. The third kappa shape index (κ3) is 3.29. The van der Waals surface area contributed by atoms with E-state index in [2.05, 4.69) is 15.5 Å². The predicted molar refractivity (Wildman–Crippen MR) is 89.2 cm³/mol. The molecule has 2 aromatic heterocycles. The van der Waals surface area contributed by atoms with E-state index in [1.54, 1.807) is 25.6 Å². The molecule has 0 aliphatic carbocycles. The maximum atomic E-state index is 5.74. The van der Waals surface area contributed by atoms with Gasteiger partial charge in [-0.3, -0.25) is 0 Å². The van der Waals surface area contributed by atoms with Gasteiger partial charge in [-0.1, -0.05) is 6.07 Å². The molecule has 7 heteroatoms. The molecule has 1 unspecified atom stereocenters. The molecule has 0 radical (unpaired) electrons. The normalized spacial score (nSPS) is 12.0. The number of benzene rings is 1. The molecule has 23 heavy (non-hydrogen) atoms. The van der Waals surface area contributed by atoms with Crippen LogP contribution in [0.2, 0.25) is 0 Å². The molecule has 0 amide bonds. The van der Waals surface area contributed by atoms with Crippen LogP contribution in [0.25, 0.3) is 10.8 Å². The molecule has 2 heterocycles. The molecule has 120 valence electrons. The van der Waals surface area contributed by atoms with Gasteiger partial charge in [0, 0.05) is 6.07 Å². The van der Waals surface area contributed by atoms with Crippen LogP contribution in [-0.4, -0.2) is 24.4 Å². The maximum absolute atomic E-state index is 5.74.